The average molecular weight is 464 g/mol. The van der Waals surface area contributed by atoms with E-state index in [0.29, 0.717) is 40.0 Å². The zero-order valence-corrected chi connectivity index (χ0v) is 19.4. The van der Waals surface area contributed by atoms with Crippen molar-refractivity contribution in [2.45, 2.75) is 11.3 Å². The topological polar surface area (TPSA) is 97.4 Å². The van der Waals surface area contributed by atoms with Crippen molar-refractivity contribution < 1.29 is 13.7 Å². The van der Waals surface area contributed by atoms with Gasteiger partial charge in [0.05, 0.1) is 30.1 Å². The van der Waals surface area contributed by atoms with Crippen LogP contribution in [0.25, 0.3) is 11.0 Å². The molecular weight excluding hydrogens is 438 g/mol. The molecule has 3 aromatic rings. The lowest BCUT2D eigenvalue weighted by Crippen LogP contribution is -2.12. The van der Waals surface area contributed by atoms with Gasteiger partial charge in [-0.1, -0.05) is 18.2 Å². The van der Waals surface area contributed by atoms with E-state index in [1.165, 1.54) is 0 Å². The van der Waals surface area contributed by atoms with Crippen molar-refractivity contribution in [3.63, 3.8) is 0 Å². The Bertz CT molecular complexity index is 1290. The van der Waals surface area contributed by atoms with E-state index in [1.807, 2.05) is 67.7 Å². The number of hydrogen-bond donors (Lipinski definition) is 3. The second-order valence-electron chi connectivity index (χ2n) is 7.12. The van der Waals surface area contributed by atoms with Crippen molar-refractivity contribution >= 4 is 39.3 Å². The number of methoxy groups -OCH3 is 2. The molecule has 2 aromatic carbocycles. The number of nitrogens with zero attached hydrogens (tertiary/aromatic N) is 2. The summed E-state index contributed by atoms with van der Waals surface area (Å²) < 4.78 is 26.9. The van der Waals surface area contributed by atoms with Crippen molar-refractivity contribution in [2.75, 3.05) is 36.6 Å². The average Bonchev–Trinajstić information content (AvgIpc) is 3.06. The molecule has 4 rings (SSSR count). The van der Waals surface area contributed by atoms with Gasteiger partial charge < -0.3 is 20.1 Å². The summed E-state index contributed by atoms with van der Waals surface area (Å²) >= 11 is 0. The highest BCUT2D eigenvalue weighted by atomic mass is 32.2. The monoisotopic (exact) mass is 463 g/mol. The first-order chi connectivity index (χ1) is 16.1. The van der Waals surface area contributed by atoms with E-state index in [-0.39, 0.29) is 0 Å². The zero-order valence-electron chi connectivity index (χ0n) is 18.6. The van der Waals surface area contributed by atoms with Crippen LogP contribution in [0.2, 0.25) is 0 Å². The Morgan fingerprint density at radius 2 is 1.64 bits per heavy atom. The lowest BCUT2D eigenvalue weighted by molar-refractivity contribution is 0.285. The highest BCUT2D eigenvalue weighted by Gasteiger charge is 2.15. The fourth-order valence-corrected chi connectivity index (χ4v) is 4.13. The number of anilines is 3. The molecule has 1 unspecified atom stereocenters. The summed E-state index contributed by atoms with van der Waals surface area (Å²) in [6.07, 6.45) is 6.18. The van der Waals surface area contributed by atoms with Crippen LogP contribution in [-0.4, -0.2) is 35.4 Å². The minimum Gasteiger partial charge on any atom is -0.497 e. The normalized spacial score (nSPS) is 14.3. The molecule has 0 aliphatic heterocycles. The summed E-state index contributed by atoms with van der Waals surface area (Å²) in [5.41, 5.74) is 3.11. The van der Waals surface area contributed by atoms with E-state index < -0.39 is 11.0 Å². The summed E-state index contributed by atoms with van der Waals surface area (Å²) in [5.74, 6) is 2.18. The fraction of sp³-hybridized carbons (Fsp3) is 0.167. The van der Waals surface area contributed by atoms with Crippen LogP contribution >= 0.6 is 0 Å². The molecule has 1 aromatic heterocycles. The van der Waals surface area contributed by atoms with Gasteiger partial charge in [0, 0.05) is 30.9 Å². The maximum Gasteiger partial charge on any atom is 0.182 e. The van der Waals surface area contributed by atoms with Crippen molar-refractivity contribution in [1.82, 2.24) is 9.97 Å². The van der Waals surface area contributed by atoms with Crippen LogP contribution in [0.1, 0.15) is 6.42 Å². The summed E-state index contributed by atoms with van der Waals surface area (Å²) in [6, 6.07) is 14.9. The van der Waals surface area contributed by atoms with E-state index in [9.17, 15) is 4.21 Å². The molecule has 1 atom stereocenters. The minimum atomic E-state index is -1.55. The fourth-order valence-electron chi connectivity index (χ4n) is 3.25. The number of fused-ring (bicyclic) bond motifs is 1. The third kappa shape index (κ3) is 5.32. The molecule has 1 heterocycles. The van der Waals surface area contributed by atoms with Crippen molar-refractivity contribution in [3.8, 4) is 0 Å². The highest BCUT2D eigenvalue weighted by molar-refractivity contribution is 7.86. The Labute approximate surface area is 195 Å². The van der Waals surface area contributed by atoms with Gasteiger partial charge in [-0.2, -0.15) is 0 Å². The van der Waals surface area contributed by atoms with Crippen LogP contribution in [0, 0.1) is 0 Å². The predicted octanol–water partition coefficient (Wildman–Crippen LogP) is 4.57. The molecular formula is C24H25N5O3S. The molecule has 33 heavy (non-hydrogen) atoms. The van der Waals surface area contributed by atoms with Crippen LogP contribution in [0.5, 0.6) is 0 Å². The molecule has 1 aliphatic carbocycles. The number of allylic oxidation sites excluding steroid dienone is 3. The number of benzene rings is 2. The Morgan fingerprint density at radius 3 is 2.33 bits per heavy atom. The van der Waals surface area contributed by atoms with Gasteiger partial charge in [-0.05, 0) is 42.5 Å². The van der Waals surface area contributed by atoms with Gasteiger partial charge in [0.15, 0.2) is 22.6 Å². The highest BCUT2D eigenvalue weighted by Crippen LogP contribution is 2.27. The summed E-state index contributed by atoms with van der Waals surface area (Å²) in [7, 11) is 3.49. The van der Waals surface area contributed by atoms with E-state index in [4.69, 9.17) is 14.5 Å². The van der Waals surface area contributed by atoms with Gasteiger partial charge in [-0.15, -0.1) is 0 Å². The number of aromatic nitrogens is 2. The molecule has 0 radical (unpaired) electrons. The third-order valence-electron chi connectivity index (χ3n) is 4.97. The van der Waals surface area contributed by atoms with Gasteiger partial charge in [0.25, 0.3) is 0 Å². The summed E-state index contributed by atoms with van der Waals surface area (Å²) in [4.78, 5) is 10.0. The smallest absolute Gasteiger partial charge is 0.182 e. The standard InChI is InChI=1S/C24H25N5O3S/c1-25-16-7-6-8-20(14-16)33(30)29-24-23(27-21-9-4-5-10-22(21)28-24)26-17-11-12-18(31-2)15-19(13-17)32-3/h4-10,12-15,25H,11H2,1-3H3,(H,26,27)(H,28,29). The first-order valence-corrected chi connectivity index (χ1v) is 11.4. The van der Waals surface area contributed by atoms with E-state index in [2.05, 4.69) is 20.3 Å². The number of nitrogens with one attached hydrogen (secondary N) is 3. The van der Waals surface area contributed by atoms with E-state index in [0.717, 1.165) is 16.9 Å². The Balaban J connectivity index is 1.69. The molecule has 0 amide bonds. The summed E-state index contributed by atoms with van der Waals surface area (Å²) in [5, 5.41) is 6.38. The van der Waals surface area contributed by atoms with Crippen LogP contribution in [0.15, 0.2) is 88.9 Å². The van der Waals surface area contributed by atoms with Crippen molar-refractivity contribution in [2.24, 2.45) is 0 Å². The number of para-hydroxylation sites is 2. The van der Waals surface area contributed by atoms with Crippen LogP contribution in [-0.2, 0) is 20.5 Å². The zero-order chi connectivity index (χ0) is 23.2. The Kier molecular flexibility index (Phi) is 6.89. The van der Waals surface area contributed by atoms with Crippen molar-refractivity contribution in [1.29, 1.82) is 0 Å². The maximum absolute atomic E-state index is 13.1. The molecule has 8 nitrogen and oxygen atoms in total. The molecule has 0 saturated heterocycles. The maximum atomic E-state index is 13.1. The molecule has 170 valence electrons. The summed E-state index contributed by atoms with van der Waals surface area (Å²) in [6.45, 7) is 0. The SMILES string of the molecule is CNc1cccc(S(=O)Nc2nc3ccccc3nc2NC2=CC(OC)=CC(OC)=CC2)c1. The number of ether oxygens (including phenoxy) is 2. The Hall–Kier alpha value is -3.85. The van der Waals surface area contributed by atoms with Gasteiger partial charge in [0.2, 0.25) is 0 Å². The minimum absolute atomic E-state index is 0.380. The molecule has 0 fully saturated rings. The Morgan fingerprint density at radius 1 is 0.909 bits per heavy atom. The number of rotatable bonds is 8. The molecule has 0 bridgehead atoms. The lowest BCUT2D eigenvalue weighted by Gasteiger charge is -2.15. The van der Waals surface area contributed by atoms with E-state index >= 15 is 0 Å². The van der Waals surface area contributed by atoms with Crippen LogP contribution in [0.3, 0.4) is 0 Å². The molecule has 1 aliphatic rings. The molecule has 0 saturated carbocycles. The van der Waals surface area contributed by atoms with Crippen LogP contribution < -0.4 is 15.4 Å². The second kappa shape index (κ2) is 10.2. The first kappa shape index (κ1) is 22.3. The van der Waals surface area contributed by atoms with Gasteiger partial charge in [-0.25, -0.2) is 14.2 Å². The largest absolute Gasteiger partial charge is 0.497 e. The lowest BCUT2D eigenvalue weighted by atomic mass is 10.2. The third-order valence-corrected chi connectivity index (χ3v) is 6.03. The molecule has 9 heteroatoms. The van der Waals surface area contributed by atoms with Gasteiger partial charge >= 0.3 is 0 Å². The van der Waals surface area contributed by atoms with Crippen molar-refractivity contribution in [3.05, 3.63) is 84.0 Å². The van der Waals surface area contributed by atoms with Gasteiger partial charge in [-0.3, -0.25) is 4.72 Å². The van der Waals surface area contributed by atoms with E-state index in [1.54, 1.807) is 20.3 Å². The molecule has 3 N–H and O–H groups in total. The predicted molar refractivity (Wildman–Crippen MR) is 132 cm³/mol. The number of hydrogen-bond acceptors (Lipinski definition) is 7. The van der Waals surface area contributed by atoms with Crippen LogP contribution in [0.4, 0.5) is 17.3 Å². The van der Waals surface area contributed by atoms with Gasteiger partial charge in [0.1, 0.15) is 11.5 Å². The quantitative estimate of drug-likeness (QED) is 0.450. The first-order valence-electron chi connectivity index (χ1n) is 10.3. The second-order valence-corrected chi connectivity index (χ2v) is 8.33. The molecule has 0 spiro atoms.